The van der Waals surface area contributed by atoms with Crippen LogP contribution in [-0.2, 0) is 4.74 Å². The van der Waals surface area contributed by atoms with E-state index in [9.17, 15) is 9.90 Å². The Hall–Kier alpha value is -1.97. The lowest BCUT2D eigenvalue weighted by atomic mass is 10.1. The Bertz CT molecular complexity index is 650. The van der Waals surface area contributed by atoms with Crippen molar-refractivity contribution < 1.29 is 14.9 Å². The molecule has 5 N–H and O–H groups in total. The maximum absolute atomic E-state index is 11.5. The number of ether oxygens (including phenoxy) is 1. The molecule has 1 aliphatic rings. The molecule has 0 unspecified atom stereocenters. The average molecular weight is 253 g/mol. The lowest BCUT2D eigenvalue weighted by Gasteiger charge is -2.40. The van der Waals surface area contributed by atoms with Crippen molar-refractivity contribution in [3.05, 3.63) is 16.7 Å². The smallest absolute Gasteiger partial charge is 0.280 e. The van der Waals surface area contributed by atoms with Gasteiger partial charge in [0.05, 0.1) is 12.9 Å². The second-order valence-corrected chi connectivity index (χ2v) is 4.01. The number of aromatic amines is 1. The van der Waals surface area contributed by atoms with E-state index < -0.39 is 24.0 Å². The summed E-state index contributed by atoms with van der Waals surface area (Å²) in [5.74, 6) is -0.0400. The molecular weight excluding hydrogens is 242 g/mol. The number of nitrogens with two attached hydrogens (primary N) is 1. The first kappa shape index (κ1) is 11.1. The molecule has 1 aliphatic heterocycles. The van der Waals surface area contributed by atoms with Crippen LogP contribution in [0.25, 0.3) is 11.2 Å². The van der Waals surface area contributed by atoms with Gasteiger partial charge in [-0.05, 0) is 0 Å². The van der Waals surface area contributed by atoms with Crippen molar-refractivity contribution in [3.8, 4) is 0 Å². The van der Waals surface area contributed by atoms with Gasteiger partial charge in [0, 0.05) is 0 Å². The number of nitrogen functional groups attached to an aromatic ring is 1. The summed E-state index contributed by atoms with van der Waals surface area (Å²) in [5, 5.41) is 18.6. The van der Waals surface area contributed by atoms with Crippen LogP contribution in [0.2, 0.25) is 0 Å². The van der Waals surface area contributed by atoms with Crippen molar-refractivity contribution in [2.24, 2.45) is 0 Å². The number of nitrogens with zero attached hydrogens (tertiary/aromatic N) is 3. The van der Waals surface area contributed by atoms with Gasteiger partial charge in [0.1, 0.15) is 12.2 Å². The summed E-state index contributed by atoms with van der Waals surface area (Å²) in [6.45, 7) is -0.277. The summed E-state index contributed by atoms with van der Waals surface area (Å²) < 4.78 is 6.68. The van der Waals surface area contributed by atoms with E-state index in [0.717, 1.165) is 0 Å². The standard InChI is InChI=1S/C9H11N5O4/c10-9-12-6-4(7(17)13-9)11-2-14(6)8-5(16)3(1-15)18-8/h2-3,5,8,15-16H,1H2,(H3,10,12,13,17)/t3-,5-,8-/m1/s1. The van der Waals surface area contributed by atoms with Gasteiger partial charge in [-0.15, -0.1) is 0 Å². The topological polar surface area (TPSA) is 139 Å². The summed E-state index contributed by atoms with van der Waals surface area (Å²) in [6.07, 6.45) is -0.893. The minimum Gasteiger partial charge on any atom is -0.394 e. The van der Waals surface area contributed by atoms with Gasteiger partial charge in [0.25, 0.3) is 5.56 Å². The largest absolute Gasteiger partial charge is 0.394 e. The van der Waals surface area contributed by atoms with Gasteiger partial charge >= 0.3 is 0 Å². The van der Waals surface area contributed by atoms with Crippen LogP contribution in [0.4, 0.5) is 5.95 Å². The zero-order valence-electron chi connectivity index (χ0n) is 9.15. The Morgan fingerprint density at radius 2 is 2.39 bits per heavy atom. The fourth-order valence-corrected chi connectivity index (χ4v) is 1.94. The Morgan fingerprint density at radius 3 is 3.06 bits per heavy atom. The molecule has 0 radical (unpaired) electrons. The number of anilines is 1. The quantitative estimate of drug-likeness (QED) is 0.483. The van der Waals surface area contributed by atoms with E-state index in [0.29, 0.717) is 0 Å². The SMILES string of the molecule is Nc1nc2c(ncn2[C@@H]2O[C@H](CO)[C@H]2O)c(=O)[nH]1. The van der Waals surface area contributed by atoms with E-state index in [1.165, 1.54) is 10.9 Å². The second-order valence-electron chi connectivity index (χ2n) is 4.01. The highest BCUT2D eigenvalue weighted by atomic mass is 16.6. The third-order valence-corrected chi connectivity index (χ3v) is 2.89. The van der Waals surface area contributed by atoms with Gasteiger partial charge in [-0.1, -0.05) is 0 Å². The summed E-state index contributed by atoms with van der Waals surface area (Å²) in [7, 11) is 0. The molecule has 3 rings (SSSR count). The van der Waals surface area contributed by atoms with Gasteiger partial charge in [-0.25, -0.2) is 4.98 Å². The predicted octanol–water partition coefficient (Wildman–Crippen LogP) is -2.05. The van der Waals surface area contributed by atoms with Crippen molar-refractivity contribution in [1.29, 1.82) is 0 Å². The van der Waals surface area contributed by atoms with E-state index in [2.05, 4.69) is 15.0 Å². The predicted molar refractivity (Wildman–Crippen MR) is 59.6 cm³/mol. The van der Waals surface area contributed by atoms with Crippen LogP contribution in [0, 0.1) is 0 Å². The van der Waals surface area contributed by atoms with E-state index >= 15 is 0 Å². The first-order chi connectivity index (χ1) is 8.61. The maximum Gasteiger partial charge on any atom is 0.280 e. The average Bonchev–Trinajstić information content (AvgIpc) is 2.72. The highest BCUT2D eigenvalue weighted by Crippen LogP contribution is 2.32. The minimum absolute atomic E-state index is 0.0400. The highest BCUT2D eigenvalue weighted by Gasteiger charge is 2.42. The molecule has 9 heteroatoms. The van der Waals surface area contributed by atoms with E-state index in [-0.39, 0.29) is 23.7 Å². The molecule has 0 saturated carbocycles. The lowest BCUT2D eigenvalue weighted by Crippen LogP contribution is -2.52. The number of nitrogens with one attached hydrogen (secondary N) is 1. The molecule has 1 fully saturated rings. The number of imidazole rings is 1. The van der Waals surface area contributed by atoms with Crippen molar-refractivity contribution in [3.63, 3.8) is 0 Å². The van der Waals surface area contributed by atoms with Crippen molar-refractivity contribution >= 4 is 17.1 Å². The fourth-order valence-electron chi connectivity index (χ4n) is 1.94. The van der Waals surface area contributed by atoms with Crippen LogP contribution in [0.5, 0.6) is 0 Å². The number of aliphatic hydroxyl groups is 2. The molecule has 2 aromatic rings. The molecule has 0 amide bonds. The molecule has 18 heavy (non-hydrogen) atoms. The summed E-state index contributed by atoms with van der Waals surface area (Å²) >= 11 is 0. The van der Waals surface area contributed by atoms with E-state index in [1.54, 1.807) is 0 Å². The highest BCUT2D eigenvalue weighted by molar-refractivity contribution is 5.70. The minimum atomic E-state index is -0.880. The zero-order chi connectivity index (χ0) is 12.9. The van der Waals surface area contributed by atoms with Crippen molar-refractivity contribution in [2.45, 2.75) is 18.4 Å². The lowest BCUT2D eigenvalue weighted by molar-refractivity contribution is -0.264. The van der Waals surface area contributed by atoms with Gasteiger partial charge in [0.15, 0.2) is 17.4 Å². The summed E-state index contributed by atoms with van der Waals surface area (Å²) in [5.41, 5.74) is 5.35. The molecule has 0 aromatic carbocycles. The van der Waals surface area contributed by atoms with Gasteiger partial charge < -0.3 is 20.7 Å². The van der Waals surface area contributed by atoms with Crippen LogP contribution in [0.15, 0.2) is 11.1 Å². The maximum atomic E-state index is 11.5. The normalized spacial score (nSPS) is 27.3. The zero-order valence-corrected chi connectivity index (χ0v) is 9.15. The Kier molecular flexibility index (Phi) is 2.33. The number of aliphatic hydroxyl groups excluding tert-OH is 2. The van der Waals surface area contributed by atoms with E-state index in [1.807, 2.05) is 0 Å². The molecular formula is C9H11N5O4. The Balaban J connectivity index is 2.06. The third-order valence-electron chi connectivity index (χ3n) is 2.89. The van der Waals surface area contributed by atoms with Crippen LogP contribution in [0.3, 0.4) is 0 Å². The van der Waals surface area contributed by atoms with Gasteiger partial charge in [0.2, 0.25) is 5.95 Å². The molecule has 0 aliphatic carbocycles. The third kappa shape index (κ3) is 1.41. The molecule has 3 heterocycles. The number of H-pyrrole nitrogens is 1. The van der Waals surface area contributed by atoms with Gasteiger partial charge in [-0.2, -0.15) is 4.98 Å². The number of rotatable bonds is 2. The fraction of sp³-hybridized carbons (Fsp3) is 0.444. The summed E-state index contributed by atoms with van der Waals surface area (Å²) in [4.78, 5) is 21.7. The molecule has 9 nitrogen and oxygen atoms in total. The number of hydrogen-bond donors (Lipinski definition) is 4. The van der Waals surface area contributed by atoms with Crippen molar-refractivity contribution in [2.75, 3.05) is 12.3 Å². The van der Waals surface area contributed by atoms with Crippen LogP contribution >= 0.6 is 0 Å². The Morgan fingerprint density at radius 1 is 1.61 bits per heavy atom. The van der Waals surface area contributed by atoms with Crippen molar-refractivity contribution in [1.82, 2.24) is 19.5 Å². The van der Waals surface area contributed by atoms with Crippen LogP contribution in [-0.4, -0.2) is 48.5 Å². The number of fused-ring (bicyclic) bond motifs is 1. The number of hydrogen-bond acceptors (Lipinski definition) is 7. The van der Waals surface area contributed by atoms with Crippen LogP contribution < -0.4 is 11.3 Å². The first-order valence-corrected chi connectivity index (χ1v) is 5.28. The van der Waals surface area contributed by atoms with E-state index in [4.69, 9.17) is 15.6 Å². The molecule has 96 valence electrons. The van der Waals surface area contributed by atoms with Gasteiger partial charge in [-0.3, -0.25) is 14.3 Å². The molecule has 0 spiro atoms. The monoisotopic (exact) mass is 253 g/mol. The molecule has 1 saturated heterocycles. The number of aromatic nitrogens is 4. The molecule has 0 bridgehead atoms. The summed E-state index contributed by atoms with van der Waals surface area (Å²) in [6, 6.07) is 0. The first-order valence-electron chi connectivity index (χ1n) is 5.28. The Labute approximate surface area is 99.8 Å². The molecule has 3 atom stereocenters. The molecule has 2 aromatic heterocycles. The second kappa shape index (κ2) is 3.77. The van der Waals surface area contributed by atoms with Crippen LogP contribution in [0.1, 0.15) is 6.23 Å².